The summed E-state index contributed by atoms with van der Waals surface area (Å²) in [5, 5.41) is 0. The van der Waals surface area contributed by atoms with Gasteiger partial charge >= 0.3 is 0 Å². The van der Waals surface area contributed by atoms with Crippen LogP contribution >= 0.6 is 0 Å². The Bertz CT molecular complexity index is 469. The van der Waals surface area contributed by atoms with Gasteiger partial charge in [-0.2, -0.15) is 0 Å². The van der Waals surface area contributed by atoms with Gasteiger partial charge in [0, 0.05) is 12.6 Å². The Labute approximate surface area is 121 Å². The van der Waals surface area contributed by atoms with Crippen LogP contribution in [0.1, 0.15) is 43.2 Å². The molecule has 0 aromatic heterocycles. The second-order valence-electron chi connectivity index (χ2n) is 7.15. The van der Waals surface area contributed by atoms with Crippen LogP contribution in [0.4, 0.5) is 0 Å². The highest BCUT2D eigenvalue weighted by Crippen LogP contribution is 2.46. The first-order chi connectivity index (χ1) is 9.76. The van der Waals surface area contributed by atoms with Crippen LogP contribution in [0, 0.1) is 11.8 Å². The highest BCUT2D eigenvalue weighted by Gasteiger charge is 2.45. The third-order valence-electron chi connectivity index (χ3n) is 5.97. The zero-order chi connectivity index (χ0) is 13.6. The van der Waals surface area contributed by atoms with Gasteiger partial charge in [0.15, 0.2) is 0 Å². The normalized spacial score (nSPS) is 29.9. The quantitative estimate of drug-likeness (QED) is 0.897. The van der Waals surface area contributed by atoms with Crippen LogP contribution in [-0.4, -0.2) is 18.2 Å². The first-order valence-electron chi connectivity index (χ1n) is 8.22. The average Bonchev–Trinajstić information content (AvgIpc) is 2.89. The zero-order valence-corrected chi connectivity index (χ0v) is 12.2. The molecule has 0 amide bonds. The molecular formula is C18H25NO. The van der Waals surface area contributed by atoms with E-state index in [1.165, 1.54) is 49.7 Å². The first kappa shape index (κ1) is 12.8. The van der Waals surface area contributed by atoms with Gasteiger partial charge in [-0.25, -0.2) is 0 Å². The fourth-order valence-corrected chi connectivity index (χ4v) is 4.56. The highest BCUT2D eigenvalue weighted by molar-refractivity contribution is 5.32. The number of rotatable bonds is 2. The van der Waals surface area contributed by atoms with Crippen LogP contribution in [0.2, 0.25) is 0 Å². The molecule has 0 radical (unpaired) electrons. The summed E-state index contributed by atoms with van der Waals surface area (Å²) in [6.07, 6.45) is 8.61. The van der Waals surface area contributed by atoms with Crippen molar-refractivity contribution in [2.75, 3.05) is 6.61 Å². The van der Waals surface area contributed by atoms with Gasteiger partial charge in [0.2, 0.25) is 0 Å². The smallest absolute Gasteiger partial charge is 0.0685 e. The second-order valence-corrected chi connectivity index (χ2v) is 7.15. The summed E-state index contributed by atoms with van der Waals surface area (Å²) in [7, 11) is 0. The maximum atomic E-state index is 6.68. The van der Waals surface area contributed by atoms with Crippen molar-refractivity contribution in [2.45, 2.75) is 56.6 Å². The molecule has 1 aromatic carbocycles. The third kappa shape index (κ3) is 2.10. The molecule has 2 atom stereocenters. The first-order valence-corrected chi connectivity index (χ1v) is 8.22. The van der Waals surface area contributed by atoms with E-state index >= 15 is 0 Å². The van der Waals surface area contributed by atoms with E-state index < -0.39 is 0 Å². The van der Waals surface area contributed by atoms with E-state index in [1.807, 2.05) is 0 Å². The topological polar surface area (TPSA) is 35.2 Å². The highest BCUT2D eigenvalue weighted by atomic mass is 16.5. The lowest BCUT2D eigenvalue weighted by molar-refractivity contribution is -0.147. The molecule has 1 aliphatic heterocycles. The van der Waals surface area contributed by atoms with Gasteiger partial charge < -0.3 is 10.5 Å². The summed E-state index contributed by atoms with van der Waals surface area (Å²) >= 11 is 0. The van der Waals surface area contributed by atoms with Gasteiger partial charge in [0.1, 0.15) is 0 Å². The minimum absolute atomic E-state index is 0.228. The maximum absolute atomic E-state index is 6.68. The van der Waals surface area contributed by atoms with Gasteiger partial charge in [0.05, 0.1) is 5.60 Å². The summed E-state index contributed by atoms with van der Waals surface area (Å²) in [5.74, 6) is 1.32. The van der Waals surface area contributed by atoms with Crippen LogP contribution in [0.3, 0.4) is 0 Å². The Balaban J connectivity index is 1.44. The van der Waals surface area contributed by atoms with E-state index in [1.54, 1.807) is 0 Å². The fraction of sp³-hybridized carbons (Fsp3) is 0.667. The number of fused-ring (bicyclic) bond motifs is 1. The Hall–Kier alpha value is -0.860. The molecule has 0 bridgehead atoms. The predicted molar refractivity (Wildman–Crippen MR) is 80.6 cm³/mol. The second kappa shape index (κ2) is 4.85. The SMILES string of the molecule is NC(C1Cc2ccccc2C1)C1CCOC2(CCC2)C1. The molecule has 1 spiro atoms. The van der Waals surface area contributed by atoms with Crippen LogP contribution < -0.4 is 5.73 Å². The molecule has 1 saturated heterocycles. The van der Waals surface area contributed by atoms with Gasteiger partial charge in [0.25, 0.3) is 0 Å². The standard InChI is InChI=1S/C18H25NO/c19-17(15-6-9-20-18(12-15)7-3-8-18)16-10-13-4-1-2-5-14(13)11-16/h1-2,4-5,15-17H,3,6-12,19H2. The molecule has 1 saturated carbocycles. The number of nitrogens with two attached hydrogens (primary N) is 1. The van der Waals surface area contributed by atoms with Crippen molar-refractivity contribution in [3.05, 3.63) is 35.4 Å². The summed E-state index contributed by atoms with van der Waals surface area (Å²) in [4.78, 5) is 0. The lowest BCUT2D eigenvalue weighted by Gasteiger charge is -2.49. The molecule has 2 fully saturated rings. The Morgan fingerprint density at radius 1 is 1.10 bits per heavy atom. The van der Waals surface area contributed by atoms with Gasteiger partial charge in [-0.05, 0) is 67.9 Å². The van der Waals surface area contributed by atoms with Crippen molar-refractivity contribution < 1.29 is 4.74 Å². The summed E-state index contributed by atoms with van der Waals surface area (Å²) < 4.78 is 6.05. The van der Waals surface area contributed by atoms with Gasteiger partial charge in [-0.1, -0.05) is 24.3 Å². The molecule has 1 heterocycles. The molecule has 108 valence electrons. The molecule has 20 heavy (non-hydrogen) atoms. The Morgan fingerprint density at radius 3 is 2.40 bits per heavy atom. The largest absolute Gasteiger partial charge is 0.375 e. The van der Waals surface area contributed by atoms with E-state index in [4.69, 9.17) is 10.5 Å². The van der Waals surface area contributed by atoms with Crippen molar-refractivity contribution in [1.29, 1.82) is 0 Å². The average molecular weight is 271 g/mol. The van der Waals surface area contributed by atoms with Crippen LogP contribution in [-0.2, 0) is 17.6 Å². The lowest BCUT2D eigenvalue weighted by Crippen LogP contribution is -2.51. The zero-order valence-electron chi connectivity index (χ0n) is 12.2. The van der Waals surface area contributed by atoms with Crippen molar-refractivity contribution >= 4 is 0 Å². The molecule has 2 aliphatic carbocycles. The number of benzene rings is 1. The van der Waals surface area contributed by atoms with E-state index in [0.29, 0.717) is 17.9 Å². The van der Waals surface area contributed by atoms with Crippen molar-refractivity contribution in [2.24, 2.45) is 17.6 Å². The fourth-order valence-electron chi connectivity index (χ4n) is 4.56. The van der Waals surface area contributed by atoms with Crippen LogP contribution in [0.15, 0.2) is 24.3 Å². The van der Waals surface area contributed by atoms with E-state index in [0.717, 1.165) is 13.0 Å². The number of hydrogen-bond donors (Lipinski definition) is 1. The molecule has 2 nitrogen and oxygen atoms in total. The number of hydrogen-bond acceptors (Lipinski definition) is 2. The van der Waals surface area contributed by atoms with Crippen molar-refractivity contribution in [3.63, 3.8) is 0 Å². The summed E-state index contributed by atoms with van der Waals surface area (Å²) in [6, 6.07) is 9.22. The van der Waals surface area contributed by atoms with Gasteiger partial charge in [-0.15, -0.1) is 0 Å². The monoisotopic (exact) mass is 271 g/mol. The minimum Gasteiger partial charge on any atom is -0.375 e. The van der Waals surface area contributed by atoms with E-state index in [2.05, 4.69) is 24.3 Å². The predicted octanol–water partition coefficient (Wildman–Crippen LogP) is 3.08. The van der Waals surface area contributed by atoms with Gasteiger partial charge in [-0.3, -0.25) is 0 Å². The van der Waals surface area contributed by atoms with Crippen molar-refractivity contribution in [1.82, 2.24) is 0 Å². The Morgan fingerprint density at radius 2 is 1.80 bits per heavy atom. The Kier molecular flexibility index (Phi) is 3.12. The molecule has 2 N–H and O–H groups in total. The minimum atomic E-state index is 0.228. The van der Waals surface area contributed by atoms with Crippen LogP contribution in [0.5, 0.6) is 0 Å². The van der Waals surface area contributed by atoms with Crippen LogP contribution in [0.25, 0.3) is 0 Å². The van der Waals surface area contributed by atoms with E-state index in [9.17, 15) is 0 Å². The summed E-state index contributed by atoms with van der Waals surface area (Å²) in [6.45, 7) is 0.929. The maximum Gasteiger partial charge on any atom is 0.0685 e. The lowest BCUT2D eigenvalue weighted by atomic mass is 9.69. The number of ether oxygens (including phenoxy) is 1. The summed E-state index contributed by atoms with van der Waals surface area (Å²) in [5.41, 5.74) is 9.96. The molecule has 1 aromatic rings. The third-order valence-corrected chi connectivity index (χ3v) is 5.97. The van der Waals surface area contributed by atoms with E-state index in [-0.39, 0.29) is 5.60 Å². The van der Waals surface area contributed by atoms with Crippen molar-refractivity contribution in [3.8, 4) is 0 Å². The molecule has 3 aliphatic rings. The molecular weight excluding hydrogens is 246 g/mol. The molecule has 2 heteroatoms. The molecule has 2 unspecified atom stereocenters. The molecule has 4 rings (SSSR count).